The smallest absolute Gasteiger partial charge is 0.162 e. The summed E-state index contributed by atoms with van der Waals surface area (Å²) in [6.45, 7) is 11.0. The molecule has 2 fully saturated rings. The SMILES string of the molecule is Cc1cc(-c2cnn3cc(N4CCN(C5(C)CCNCC5)CC4)cnc23)c2ccccc2n1. The number of fused-ring (bicyclic) bond motifs is 2. The molecule has 7 nitrogen and oxygen atoms in total. The van der Waals surface area contributed by atoms with Crippen molar-refractivity contribution in [2.75, 3.05) is 44.2 Å². The van der Waals surface area contributed by atoms with Gasteiger partial charge in [0.2, 0.25) is 0 Å². The Bertz CT molecular complexity index is 1300. The number of pyridine rings is 1. The van der Waals surface area contributed by atoms with Crippen molar-refractivity contribution in [3.63, 3.8) is 0 Å². The van der Waals surface area contributed by atoms with Crippen molar-refractivity contribution >= 4 is 22.2 Å². The van der Waals surface area contributed by atoms with Crippen LogP contribution in [0.25, 0.3) is 27.7 Å². The maximum absolute atomic E-state index is 4.87. The Morgan fingerprint density at radius 1 is 0.970 bits per heavy atom. The number of para-hydroxylation sites is 1. The minimum absolute atomic E-state index is 0.335. The molecule has 2 saturated heterocycles. The Kier molecular flexibility index (Phi) is 5.03. The molecule has 1 aromatic carbocycles. The molecule has 3 aromatic heterocycles. The van der Waals surface area contributed by atoms with Gasteiger partial charge in [-0.15, -0.1) is 0 Å². The second kappa shape index (κ2) is 8.08. The van der Waals surface area contributed by atoms with Gasteiger partial charge in [-0.1, -0.05) is 18.2 Å². The van der Waals surface area contributed by atoms with Crippen LogP contribution < -0.4 is 10.2 Å². The maximum Gasteiger partial charge on any atom is 0.162 e. The predicted octanol–water partition coefficient (Wildman–Crippen LogP) is 3.52. The number of piperidine rings is 1. The van der Waals surface area contributed by atoms with Crippen LogP contribution in [0.5, 0.6) is 0 Å². The number of aromatic nitrogens is 4. The Hall–Kier alpha value is -3.03. The first-order chi connectivity index (χ1) is 16.1. The molecule has 0 bridgehead atoms. The van der Waals surface area contributed by atoms with Gasteiger partial charge < -0.3 is 10.2 Å². The standard InChI is InChI=1S/C26H31N7/c1-19-15-22(21-5-3-4-6-24(21)30-19)23-17-29-33-18-20(16-28-25(23)33)31-11-13-32(14-12-31)26(2)7-9-27-10-8-26/h3-6,15-18,27H,7-14H2,1-2H3. The fourth-order valence-electron chi connectivity index (χ4n) is 5.53. The van der Waals surface area contributed by atoms with Gasteiger partial charge in [0, 0.05) is 48.4 Å². The van der Waals surface area contributed by atoms with Gasteiger partial charge in [0.05, 0.1) is 29.8 Å². The lowest BCUT2D eigenvalue weighted by Gasteiger charge is -2.48. The van der Waals surface area contributed by atoms with Crippen LogP contribution in [0.4, 0.5) is 5.69 Å². The Balaban J connectivity index is 1.27. The van der Waals surface area contributed by atoms with Crippen molar-refractivity contribution in [1.29, 1.82) is 0 Å². The van der Waals surface area contributed by atoms with Crippen LogP contribution >= 0.6 is 0 Å². The van der Waals surface area contributed by atoms with Crippen LogP contribution in [0.2, 0.25) is 0 Å². The summed E-state index contributed by atoms with van der Waals surface area (Å²) >= 11 is 0. The Morgan fingerprint density at radius 2 is 1.76 bits per heavy atom. The van der Waals surface area contributed by atoms with Crippen LogP contribution in [-0.2, 0) is 0 Å². The fraction of sp³-hybridized carbons (Fsp3) is 0.423. The molecule has 0 aliphatic carbocycles. The number of nitrogens with one attached hydrogen (secondary N) is 1. The first kappa shape index (κ1) is 20.6. The van der Waals surface area contributed by atoms with E-state index in [1.54, 1.807) is 0 Å². The topological polar surface area (TPSA) is 61.6 Å². The third-order valence-corrected chi connectivity index (χ3v) is 7.57. The van der Waals surface area contributed by atoms with Crippen LogP contribution in [0.15, 0.2) is 48.9 Å². The molecule has 0 atom stereocenters. The van der Waals surface area contributed by atoms with Crippen LogP contribution in [0.3, 0.4) is 0 Å². The van der Waals surface area contributed by atoms with Gasteiger partial charge in [-0.05, 0) is 57.5 Å². The molecular weight excluding hydrogens is 410 g/mol. The molecule has 0 amide bonds. The maximum atomic E-state index is 4.87. The quantitative estimate of drug-likeness (QED) is 0.525. The van der Waals surface area contributed by atoms with Crippen molar-refractivity contribution in [3.8, 4) is 11.1 Å². The molecule has 1 N–H and O–H groups in total. The number of rotatable bonds is 3. The highest BCUT2D eigenvalue weighted by molar-refractivity contribution is 5.98. The van der Waals surface area contributed by atoms with E-state index >= 15 is 0 Å². The second-order valence-electron chi connectivity index (χ2n) is 9.69. The minimum Gasteiger partial charge on any atom is -0.366 e. The van der Waals surface area contributed by atoms with E-state index in [-0.39, 0.29) is 0 Å². The van der Waals surface area contributed by atoms with Gasteiger partial charge in [-0.2, -0.15) is 5.10 Å². The van der Waals surface area contributed by atoms with E-state index in [0.717, 1.165) is 78.3 Å². The van der Waals surface area contributed by atoms with Crippen molar-refractivity contribution in [2.45, 2.75) is 32.2 Å². The summed E-state index contributed by atoms with van der Waals surface area (Å²) in [4.78, 5) is 14.7. The summed E-state index contributed by atoms with van der Waals surface area (Å²) in [6, 6.07) is 10.4. The minimum atomic E-state index is 0.335. The average molecular weight is 442 g/mol. The summed E-state index contributed by atoms with van der Waals surface area (Å²) in [7, 11) is 0. The van der Waals surface area contributed by atoms with Gasteiger partial charge in [0.25, 0.3) is 0 Å². The summed E-state index contributed by atoms with van der Waals surface area (Å²) < 4.78 is 1.93. The first-order valence-corrected chi connectivity index (χ1v) is 12.0. The molecule has 170 valence electrons. The number of aryl methyl sites for hydroxylation is 1. The summed E-state index contributed by atoms with van der Waals surface area (Å²) in [5, 5.41) is 9.31. The largest absolute Gasteiger partial charge is 0.366 e. The lowest BCUT2D eigenvalue weighted by molar-refractivity contribution is 0.0666. The number of anilines is 1. The Morgan fingerprint density at radius 3 is 2.58 bits per heavy atom. The molecule has 7 heteroatoms. The van der Waals surface area contributed by atoms with Crippen LogP contribution in [-0.4, -0.2) is 69.3 Å². The van der Waals surface area contributed by atoms with E-state index in [0.29, 0.717) is 5.54 Å². The lowest BCUT2D eigenvalue weighted by atomic mass is 9.88. The lowest BCUT2D eigenvalue weighted by Crippen LogP contribution is -2.59. The number of piperazine rings is 1. The van der Waals surface area contributed by atoms with E-state index in [9.17, 15) is 0 Å². The van der Waals surface area contributed by atoms with Gasteiger partial charge in [0.1, 0.15) is 0 Å². The number of hydrogen-bond donors (Lipinski definition) is 1. The van der Waals surface area contributed by atoms with Crippen molar-refractivity contribution in [2.24, 2.45) is 0 Å². The molecule has 4 aromatic rings. The molecule has 0 saturated carbocycles. The monoisotopic (exact) mass is 441 g/mol. The highest BCUT2D eigenvalue weighted by atomic mass is 15.3. The third kappa shape index (κ3) is 3.65. The number of nitrogens with zero attached hydrogens (tertiary/aromatic N) is 6. The first-order valence-electron chi connectivity index (χ1n) is 12.0. The average Bonchev–Trinajstić information content (AvgIpc) is 3.27. The van der Waals surface area contributed by atoms with Crippen LogP contribution in [0, 0.1) is 6.92 Å². The summed E-state index contributed by atoms with van der Waals surface area (Å²) in [5.74, 6) is 0. The highest BCUT2D eigenvalue weighted by Crippen LogP contribution is 2.32. The fourth-order valence-corrected chi connectivity index (χ4v) is 5.53. The molecule has 0 unspecified atom stereocenters. The zero-order chi connectivity index (χ0) is 22.4. The molecular formula is C26H31N7. The van der Waals surface area contributed by atoms with Gasteiger partial charge in [-0.3, -0.25) is 9.88 Å². The third-order valence-electron chi connectivity index (χ3n) is 7.57. The zero-order valence-electron chi connectivity index (χ0n) is 19.5. The van der Waals surface area contributed by atoms with Crippen molar-refractivity contribution < 1.29 is 0 Å². The molecule has 2 aliphatic rings. The van der Waals surface area contributed by atoms with Gasteiger partial charge in [0.15, 0.2) is 5.65 Å². The van der Waals surface area contributed by atoms with Gasteiger partial charge >= 0.3 is 0 Å². The van der Waals surface area contributed by atoms with Crippen LogP contribution in [0.1, 0.15) is 25.5 Å². The molecule has 2 aliphatic heterocycles. The molecule has 6 rings (SSSR count). The van der Waals surface area contributed by atoms with Crippen molar-refractivity contribution in [3.05, 3.63) is 54.6 Å². The summed E-state index contributed by atoms with van der Waals surface area (Å²) in [5.41, 5.74) is 6.55. The van der Waals surface area contributed by atoms with Crippen molar-refractivity contribution in [1.82, 2.24) is 29.8 Å². The van der Waals surface area contributed by atoms with E-state index in [2.05, 4.69) is 62.6 Å². The molecule has 5 heterocycles. The van der Waals surface area contributed by atoms with E-state index < -0.39 is 0 Å². The number of benzene rings is 1. The van der Waals surface area contributed by atoms with E-state index in [1.165, 1.54) is 12.8 Å². The normalized spacial score (nSPS) is 19.4. The number of hydrogen-bond acceptors (Lipinski definition) is 6. The Labute approximate surface area is 194 Å². The predicted molar refractivity (Wildman–Crippen MR) is 133 cm³/mol. The van der Waals surface area contributed by atoms with E-state index in [1.807, 2.05) is 29.9 Å². The molecule has 0 spiro atoms. The zero-order valence-corrected chi connectivity index (χ0v) is 19.5. The molecule has 0 radical (unpaired) electrons. The van der Waals surface area contributed by atoms with E-state index in [4.69, 9.17) is 4.98 Å². The highest BCUT2D eigenvalue weighted by Gasteiger charge is 2.35. The van der Waals surface area contributed by atoms with Gasteiger partial charge in [-0.25, -0.2) is 9.50 Å². The summed E-state index contributed by atoms with van der Waals surface area (Å²) in [6.07, 6.45) is 8.55. The molecule has 33 heavy (non-hydrogen) atoms. The second-order valence-corrected chi connectivity index (χ2v) is 9.69.